The summed E-state index contributed by atoms with van der Waals surface area (Å²) in [5.41, 5.74) is 5.45. The fraction of sp³-hybridized carbons (Fsp3) is 0.857. The van der Waals surface area contributed by atoms with Gasteiger partial charge in [-0.15, -0.1) is 0 Å². The molecular formula is C7H15NO2. The van der Waals surface area contributed by atoms with Gasteiger partial charge in [-0.1, -0.05) is 13.8 Å². The molecule has 0 aliphatic heterocycles. The van der Waals surface area contributed by atoms with Crippen molar-refractivity contribution in [2.75, 3.05) is 0 Å². The molecule has 0 saturated heterocycles. The first-order valence-electron chi connectivity index (χ1n) is 3.47. The molecule has 0 aromatic rings. The summed E-state index contributed by atoms with van der Waals surface area (Å²) in [4.78, 5) is 10.00. The molecule has 0 rings (SSSR count). The van der Waals surface area contributed by atoms with Crippen LogP contribution in [-0.2, 0) is 4.79 Å². The van der Waals surface area contributed by atoms with Crippen molar-refractivity contribution in [2.24, 2.45) is 11.7 Å². The Labute approximate surface area is 61.2 Å². The number of carbonyl (C=O) groups excluding carboxylic acids is 1. The molecule has 0 radical (unpaired) electrons. The lowest BCUT2D eigenvalue weighted by molar-refractivity contribution is -0.115. The minimum Gasteiger partial charge on any atom is -0.384 e. The van der Waals surface area contributed by atoms with Gasteiger partial charge in [0.25, 0.3) is 0 Å². The minimum absolute atomic E-state index is 0.405. The zero-order chi connectivity index (χ0) is 8.15. The number of aliphatic hydroxyl groups excluding tert-OH is 1. The van der Waals surface area contributed by atoms with E-state index in [-0.39, 0.29) is 0 Å². The molecule has 3 N–H and O–H groups in total. The molecule has 2 atom stereocenters. The van der Waals surface area contributed by atoms with E-state index in [4.69, 9.17) is 10.8 Å². The van der Waals surface area contributed by atoms with E-state index in [0.29, 0.717) is 18.6 Å². The van der Waals surface area contributed by atoms with Crippen LogP contribution in [0.2, 0.25) is 0 Å². The van der Waals surface area contributed by atoms with Gasteiger partial charge in [0.05, 0.1) is 0 Å². The SMILES string of the molecule is CC(C)C[C@@H](N)[C@H](O)C=O. The van der Waals surface area contributed by atoms with E-state index in [1.807, 2.05) is 13.8 Å². The smallest absolute Gasteiger partial charge is 0.150 e. The summed E-state index contributed by atoms with van der Waals surface area (Å²) < 4.78 is 0. The maximum Gasteiger partial charge on any atom is 0.150 e. The zero-order valence-corrected chi connectivity index (χ0v) is 6.45. The van der Waals surface area contributed by atoms with Gasteiger partial charge in [0, 0.05) is 6.04 Å². The number of hydrogen-bond acceptors (Lipinski definition) is 3. The number of aldehydes is 1. The van der Waals surface area contributed by atoms with Crippen LogP contribution in [0.4, 0.5) is 0 Å². The van der Waals surface area contributed by atoms with Crippen molar-refractivity contribution >= 4 is 6.29 Å². The van der Waals surface area contributed by atoms with Crippen LogP contribution >= 0.6 is 0 Å². The first-order chi connectivity index (χ1) is 4.57. The van der Waals surface area contributed by atoms with Crippen LogP contribution in [-0.4, -0.2) is 23.5 Å². The second-order valence-corrected chi connectivity index (χ2v) is 2.92. The van der Waals surface area contributed by atoms with Crippen molar-refractivity contribution in [3.63, 3.8) is 0 Å². The largest absolute Gasteiger partial charge is 0.384 e. The van der Waals surface area contributed by atoms with Gasteiger partial charge in [0.15, 0.2) is 0 Å². The average molecular weight is 145 g/mol. The van der Waals surface area contributed by atoms with E-state index in [0.717, 1.165) is 0 Å². The Kier molecular flexibility index (Phi) is 4.23. The molecule has 60 valence electrons. The lowest BCUT2D eigenvalue weighted by atomic mass is 10.0. The Morgan fingerprint density at radius 1 is 1.60 bits per heavy atom. The number of aliphatic hydroxyl groups is 1. The third-order valence-electron chi connectivity index (χ3n) is 1.32. The normalized spacial score (nSPS) is 16.9. The molecule has 0 bridgehead atoms. The summed E-state index contributed by atoms with van der Waals surface area (Å²) in [5.74, 6) is 0.421. The topological polar surface area (TPSA) is 63.3 Å². The molecule has 0 spiro atoms. The van der Waals surface area contributed by atoms with Gasteiger partial charge in [-0.25, -0.2) is 0 Å². The molecule has 0 aliphatic carbocycles. The van der Waals surface area contributed by atoms with Crippen LogP contribution < -0.4 is 5.73 Å². The van der Waals surface area contributed by atoms with E-state index in [2.05, 4.69) is 0 Å². The predicted octanol–water partition coefficient (Wildman–Crippen LogP) is -0.0804. The fourth-order valence-corrected chi connectivity index (χ4v) is 0.785. The molecule has 0 amide bonds. The molecule has 0 aliphatic rings. The highest BCUT2D eigenvalue weighted by atomic mass is 16.3. The third-order valence-corrected chi connectivity index (χ3v) is 1.32. The third kappa shape index (κ3) is 3.58. The first kappa shape index (κ1) is 9.59. The van der Waals surface area contributed by atoms with Gasteiger partial charge in [-0.2, -0.15) is 0 Å². The summed E-state index contributed by atoms with van der Waals surface area (Å²) in [6.45, 7) is 3.99. The van der Waals surface area contributed by atoms with E-state index >= 15 is 0 Å². The Morgan fingerprint density at radius 2 is 2.10 bits per heavy atom. The van der Waals surface area contributed by atoms with Crippen molar-refractivity contribution in [2.45, 2.75) is 32.4 Å². The summed E-state index contributed by atoms with van der Waals surface area (Å²) in [6, 6.07) is -0.405. The molecule has 3 nitrogen and oxygen atoms in total. The quantitative estimate of drug-likeness (QED) is 0.544. The second-order valence-electron chi connectivity index (χ2n) is 2.92. The molecule has 0 fully saturated rings. The first-order valence-corrected chi connectivity index (χ1v) is 3.47. The standard InChI is InChI=1S/C7H15NO2/c1-5(2)3-6(8)7(10)4-9/h4-7,10H,3,8H2,1-2H3/t6-,7-/m1/s1. The van der Waals surface area contributed by atoms with E-state index < -0.39 is 12.1 Å². The highest BCUT2D eigenvalue weighted by molar-refractivity contribution is 5.56. The molecule has 0 aromatic carbocycles. The van der Waals surface area contributed by atoms with Gasteiger partial charge >= 0.3 is 0 Å². The van der Waals surface area contributed by atoms with Crippen LogP contribution in [0.5, 0.6) is 0 Å². The van der Waals surface area contributed by atoms with Crippen LogP contribution in [0.1, 0.15) is 20.3 Å². The monoisotopic (exact) mass is 145 g/mol. The summed E-state index contributed by atoms with van der Waals surface area (Å²) in [7, 11) is 0. The lowest BCUT2D eigenvalue weighted by Gasteiger charge is -2.15. The average Bonchev–Trinajstić information content (AvgIpc) is 1.85. The molecule has 0 aromatic heterocycles. The zero-order valence-electron chi connectivity index (χ0n) is 6.45. The van der Waals surface area contributed by atoms with Crippen molar-refractivity contribution in [3.05, 3.63) is 0 Å². The summed E-state index contributed by atoms with van der Waals surface area (Å²) >= 11 is 0. The number of nitrogens with two attached hydrogens (primary N) is 1. The molecule has 0 saturated carbocycles. The number of hydrogen-bond donors (Lipinski definition) is 2. The second kappa shape index (κ2) is 4.41. The maximum absolute atomic E-state index is 10.00. The number of rotatable bonds is 4. The minimum atomic E-state index is -0.998. The summed E-state index contributed by atoms with van der Waals surface area (Å²) in [5, 5.41) is 8.88. The highest BCUT2D eigenvalue weighted by Crippen LogP contribution is 2.04. The van der Waals surface area contributed by atoms with Gasteiger partial charge in [-0.3, -0.25) is 0 Å². The molecule has 10 heavy (non-hydrogen) atoms. The predicted molar refractivity (Wildman–Crippen MR) is 39.5 cm³/mol. The van der Waals surface area contributed by atoms with E-state index in [1.165, 1.54) is 0 Å². The van der Waals surface area contributed by atoms with Crippen molar-refractivity contribution in [1.29, 1.82) is 0 Å². The van der Waals surface area contributed by atoms with E-state index in [1.54, 1.807) is 0 Å². The van der Waals surface area contributed by atoms with Crippen LogP contribution in [0.3, 0.4) is 0 Å². The number of carbonyl (C=O) groups is 1. The Bertz CT molecular complexity index is 104. The molecular weight excluding hydrogens is 130 g/mol. The fourth-order valence-electron chi connectivity index (χ4n) is 0.785. The Morgan fingerprint density at radius 3 is 2.40 bits per heavy atom. The van der Waals surface area contributed by atoms with Crippen molar-refractivity contribution in [3.8, 4) is 0 Å². The van der Waals surface area contributed by atoms with Gasteiger partial charge in [0.1, 0.15) is 12.4 Å². The van der Waals surface area contributed by atoms with Crippen LogP contribution in [0.25, 0.3) is 0 Å². The molecule has 3 heteroatoms. The van der Waals surface area contributed by atoms with Crippen LogP contribution in [0.15, 0.2) is 0 Å². The molecule has 0 heterocycles. The lowest BCUT2D eigenvalue weighted by Crippen LogP contribution is -2.36. The highest BCUT2D eigenvalue weighted by Gasteiger charge is 2.14. The molecule has 0 unspecified atom stereocenters. The maximum atomic E-state index is 10.00. The van der Waals surface area contributed by atoms with Crippen LogP contribution in [0, 0.1) is 5.92 Å². The Balaban J connectivity index is 3.60. The van der Waals surface area contributed by atoms with E-state index in [9.17, 15) is 4.79 Å². The van der Waals surface area contributed by atoms with Crippen molar-refractivity contribution in [1.82, 2.24) is 0 Å². The van der Waals surface area contributed by atoms with Crippen molar-refractivity contribution < 1.29 is 9.90 Å². The summed E-state index contributed by atoms with van der Waals surface area (Å²) in [6.07, 6.45) is 0.162. The van der Waals surface area contributed by atoms with Gasteiger partial charge in [0.2, 0.25) is 0 Å². The van der Waals surface area contributed by atoms with Gasteiger partial charge in [-0.05, 0) is 12.3 Å². The Hall–Kier alpha value is -0.410. The van der Waals surface area contributed by atoms with Gasteiger partial charge < -0.3 is 15.6 Å².